The van der Waals surface area contributed by atoms with Crippen molar-refractivity contribution >= 4 is 17.2 Å². The number of thiophene rings is 1. The molecule has 0 fully saturated rings. The van der Waals surface area contributed by atoms with Crippen LogP contribution in [-0.2, 0) is 0 Å². The van der Waals surface area contributed by atoms with Crippen LogP contribution in [0.5, 0.6) is 0 Å². The highest BCUT2D eigenvalue weighted by molar-refractivity contribution is 7.10. The minimum Gasteiger partial charge on any atom is -0.456 e. The number of rotatable bonds is 5. The lowest BCUT2D eigenvalue weighted by Gasteiger charge is -2.23. The summed E-state index contributed by atoms with van der Waals surface area (Å²) in [5, 5.41) is 4.96. The van der Waals surface area contributed by atoms with Gasteiger partial charge in [-0.25, -0.2) is 0 Å². The van der Waals surface area contributed by atoms with Crippen molar-refractivity contribution in [3.63, 3.8) is 0 Å². The maximum Gasteiger partial charge on any atom is 0.287 e. The third-order valence-corrected chi connectivity index (χ3v) is 3.89. The van der Waals surface area contributed by atoms with Crippen LogP contribution in [0.4, 0.5) is 0 Å². The Balaban J connectivity index is 1.98. The van der Waals surface area contributed by atoms with Gasteiger partial charge in [0.25, 0.3) is 5.91 Å². The molecule has 1 unspecified atom stereocenters. The largest absolute Gasteiger partial charge is 0.456 e. The minimum absolute atomic E-state index is 0.170. The van der Waals surface area contributed by atoms with E-state index in [9.17, 15) is 4.79 Å². The number of hydrogen-bond donors (Lipinski definition) is 1. The first kappa shape index (κ1) is 13.8. The Morgan fingerprint density at radius 2 is 2.21 bits per heavy atom. The highest BCUT2D eigenvalue weighted by Crippen LogP contribution is 2.22. The molecule has 5 heteroatoms. The lowest BCUT2D eigenvalue weighted by Crippen LogP contribution is -2.34. The zero-order valence-electron chi connectivity index (χ0n) is 11.3. The number of carbonyl (C=O) groups excluding carboxylic acids is 1. The van der Waals surface area contributed by atoms with Crippen LogP contribution in [0, 0.1) is 6.92 Å². The molecule has 1 N–H and O–H groups in total. The third-order valence-electron chi connectivity index (χ3n) is 2.92. The van der Waals surface area contributed by atoms with Gasteiger partial charge in [0.2, 0.25) is 0 Å². The van der Waals surface area contributed by atoms with Crippen LogP contribution in [-0.4, -0.2) is 31.4 Å². The van der Waals surface area contributed by atoms with Crippen molar-refractivity contribution in [2.24, 2.45) is 0 Å². The summed E-state index contributed by atoms with van der Waals surface area (Å²) in [4.78, 5) is 15.3. The molecular formula is C14H18N2O2S. The molecule has 2 aromatic heterocycles. The van der Waals surface area contributed by atoms with E-state index in [-0.39, 0.29) is 11.9 Å². The topological polar surface area (TPSA) is 45.5 Å². The second kappa shape index (κ2) is 6.04. The van der Waals surface area contributed by atoms with E-state index in [0.717, 1.165) is 5.76 Å². The summed E-state index contributed by atoms with van der Waals surface area (Å²) < 4.78 is 5.31. The standard InChI is InChI=1S/C14H18N2O2S/c1-10-6-7-12(18-10)14(17)15-9-11(16(2)3)13-5-4-8-19-13/h4-8,11H,9H2,1-3H3,(H,15,17). The number of amides is 1. The molecule has 2 heterocycles. The van der Waals surface area contributed by atoms with Gasteiger partial charge >= 0.3 is 0 Å². The van der Waals surface area contributed by atoms with Crippen LogP contribution >= 0.6 is 11.3 Å². The summed E-state index contributed by atoms with van der Waals surface area (Å²) in [5.41, 5.74) is 0. The second-order valence-electron chi connectivity index (χ2n) is 4.62. The van der Waals surface area contributed by atoms with Gasteiger partial charge in [0, 0.05) is 11.4 Å². The van der Waals surface area contributed by atoms with Crippen molar-refractivity contribution in [2.45, 2.75) is 13.0 Å². The highest BCUT2D eigenvalue weighted by atomic mass is 32.1. The van der Waals surface area contributed by atoms with Gasteiger partial charge < -0.3 is 14.6 Å². The lowest BCUT2D eigenvalue weighted by molar-refractivity contribution is 0.0913. The Hall–Kier alpha value is -1.59. The van der Waals surface area contributed by atoms with E-state index in [1.165, 1.54) is 4.88 Å². The van der Waals surface area contributed by atoms with Crippen LogP contribution in [0.1, 0.15) is 27.2 Å². The number of nitrogens with zero attached hydrogens (tertiary/aromatic N) is 1. The fourth-order valence-corrected chi connectivity index (χ4v) is 2.77. The molecule has 2 aromatic rings. The van der Waals surface area contributed by atoms with Crippen molar-refractivity contribution in [1.29, 1.82) is 0 Å². The summed E-state index contributed by atoms with van der Waals surface area (Å²) in [6, 6.07) is 7.77. The molecule has 19 heavy (non-hydrogen) atoms. The van der Waals surface area contributed by atoms with E-state index in [4.69, 9.17) is 4.42 Å². The Morgan fingerprint density at radius 3 is 2.74 bits per heavy atom. The average molecular weight is 278 g/mol. The molecule has 0 aliphatic rings. The lowest BCUT2D eigenvalue weighted by atomic mass is 10.2. The van der Waals surface area contributed by atoms with E-state index < -0.39 is 0 Å². The van der Waals surface area contributed by atoms with Gasteiger partial charge in [0.05, 0.1) is 6.04 Å². The number of aryl methyl sites for hydroxylation is 1. The normalized spacial score (nSPS) is 12.6. The Bertz CT molecular complexity index is 531. The third kappa shape index (κ3) is 3.45. The van der Waals surface area contributed by atoms with Crippen molar-refractivity contribution in [1.82, 2.24) is 10.2 Å². The first-order valence-corrected chi connectivity index (χ1v) is 7.00. The SMILES string of the molecule is Cc1ccc(C(=O)NCC(c2cccs2)N(C)C)o1. The van der Waals surface area contributed by atoms with Gasteiger partial charge in [-0.15, -0.1) is 11.3 Å². The summed E-state index contributed by atoms with van der Waals surface area (Å²) in [6.07, 6.45) is 0. The number of likely N-dealkylation sites (N-methyl/N-ethyl adjacent to an activating group) is 1. The van der Waals surface area contributed by atoms with E-state index >= 15 is 0 Å². The highest BCUT2D eigenvalue weighted by Gasteiger charge is 2.17. The smallest absolute Gasteiger partial charge is 0.287 e. The summed E-state index contributed by atoms with van der Waals surface area (Å²) >= 11 is 1.69. The van der Waals surface area contributed by atoms with Crippen LogP contribution in [0.3, 0.4) is 0 Å². The van der Waals surface area contributed by atoms with Crippen LogP contribution in [0.25, 0.3) is 0 Å². The minimum atomic E-state index is -0.170. The zero-order chi connectivity index (χ0) is 13.8. The summed E-state index contributed by atoms with van der Waals surface area (Å²) in [5.74, 6) is 0.935. The van der Waals surface area contributed by atoms with Gasteiger partial charge in [-0.3, -0.25) is 4.79 Å². The first-order valence-electron chi connectivity index (χ1n) is 6.12. The van der Waals surface area contributed by atoms with Crippen LogP contribution < -0.4 is 5.32 Å². The molecule has 0 aliphatic carbocycles. The molecule has 0 aromatic carbocycles. The predicted molar refractivity (Wildman–Crippen MR) is 76.5 cm³/mol. The van der Waals surface area contributed by atoms with E-state index in [2.05, 4.69) is 16.3 Å². The Labute approximate surface area is 117 Å². The molecular weight excluding hydrogens is 260 g/mol. The number of carbonyl (C=O) groups is 1. The summed E-state index contributed by atoms with van der Waals surface area (Å²) in [6.45, 7) is 2.39. The monoisotopic (exact) mass is 278 g/mol. The average Bonchev–Trinajstić information content (AvgIpc) is 3.00. The number of hydrogen-bond acceptors (Lipinski definition) is 4. The molecule has 0 aliphatic heterocycles. The first-order chi connectivity index (χ1) is 9.08. The van der Waals surface area contributed by atoms with Gasteiger partial charge in [0.15, 0.2) is 5.76 Å². The molecule has 0 saturated heterocycles. The van der Waals surface area contributed by atoms with Gasteiger partial charge in [-0.2, -0.15) is 0 Å². The Kier molecular flexibility index (Phi) is 4.39. The molecule has 1 atom stereocenters. The van der Waals surface area contributed by atoms with E-state index in [1.54, 1.807) is 23.5 Å². The van der Waals surface area contributed by atoms with Crippen molar-refractivity contribution in [2.75, 3.05) is 20.6 Å². The van der Waals surface area contributed by atoms with Gasteiger partial charge in [-0.05, 0) is 44.6 Å². The van der Waals surface area contributed by atoms with Crippen LogP contribution in [0.15, 0.2) is 34.1 Å². The summed E-state index contributed by atoms with van der Waals surface area (Å²) in [7, 11) is 4.02. The fourth-order valence-electron chi connectivity index (χ4n) is 1.85. The Morgan fingerprint density at radius 1 is 1.42 bits per heavy atom. The molecule has 102 valence electrons. The maximum absolute atomic E-state index is 11.9. The van der Waals surface area contributed by atoms with Gasteiger partial charge in [0.1, 0.15) is 5.76 Å². The predicted octanol–water partition coefficient (Wildman–Crippen LogP) is 2.68. The molecule has 1 amide bonds. The molecule has 0 radical (unpaired) electrons. The van der Waals surface area contributed by atoms with Crippen molar-refractivity contribution in [3.8, 4) is 0 Å². The van der Waals surface area contributed by atoms with E-state index in [1.807, 2.05) is 32.5 Å². The number of nitrogens with one attached hydrogen (secondary N) is 1. The fraction of sp³-hybridized carbons (Fsp3) is 0.357. The quantitative estimate of drug-likeness (QED) is 0.914. The van der Waals surface area contributed by atoms with Crippen molar-refractivity contribution in [3.05, 3.63) is 46.0 Å². The van der Waals surface area contributed by atoms with Crippen molar-refractivity contribution < 1.29 is 9.21 Å². The maximum atomic E-state index is 11.9. The molecule has 2 rings (SSSR count). The number of furan rings is 1. The second-order valence-corrected chi connectivity index (χ2v) is 5.59. The molecule has 0 saturated carbocycles. The van der Waals surface area contributed by atoms with E-state index in [0.29, 0.717) is 12.3 Å². The molecule has 0 bridgehead atoms. The molecule has 4 nitrogen and oxygen atoms in total. The molecule has 0 spiro atoms. The van der Waals surface area contributed by atoms with Gasteiger partial charge in [-0.1, -0.05) is 6.07 Å². The zero-order valence-corrected chi connectivity index (χ0v) is 12.2. The van der Waals surface area contributed by atoms with Crippen LogP contribution in [0.2, 0.25) is 0 Å².